The van der Waals surface area contributed by atoms with Crippen LogP contribution in [0.5, 0.6) is 5.75 Å². The smallest absolute Gasteiger partial charge is 0.127 e. The van der Waals surface area contributed by atoms with Crippen LogP contribution in [0.4, 0.5) is 0 Å². The van der Waals surface area contributed by atoms with Crippen LogP contribution >= 0.6 is 15.9 Å². The van der Waals surface area contributed by atoms with Crippen molar-refractivity contribution in [2.45, 2.75) is 19.4 Å². The maximum Gasteiger partial charge on any atom is 0.127 e. The van der Waals surface area contributed by atoms with Crippen LogP contribution in [0.15, 0.2) is 46.9 Å². The fourth-order valence-electron chi connectivity index (χ4n) is 2.58. The molecule has 0 saturated heterocycles. The van der Waals surface area contributed by atoms with Gasteiger partial charge in [-0.15, -0.1) is 0 Å². The van der Waals surface area contributed by atoms with Gasteiger partial charge < -0.3 is 10.1 Å². The number of hydrogen-bond donors (Lipinski definition) is 1. The summed E-state index contributed by atoms with van der Waals surface area (Å²) < 4.78 is 6.88. The highest BCUT2D eigenvalue weighted by Gasteiger charge is 2.16. The van der Waals surface area contributed by atoms with Gasteiger partial charge in [0.1, 0.15) is 5.75 Å². The molecule has 0 bridgehead atoms. The standard InChI is InChI=1S/C17H18BrNO/c18-16-10-14-7-9-20-17(14)15(11-16)12-19-8-6-13-4-2-1-3-5-13/h1-5,10-11,19H,6-9,12H2. The van der Waals surface area contributed by atoms with Gasteiger partial charge in [-0.3, -0.25) is 0 Å². The van der Waals surface area contributed by atoms with E-state index in [2.05, 4.69) is 63.7 Å². The lowest BCUT2D eigenvalue weighted by molar-refractivity contribution is 0.352. The van der Waals surface area contributed by atoms with Crippen molar-refractivity contribution >= 4 is 15.9 Å². The molecule has 2 nitrogen and oxygen atoms in total. The van der Waals surface area contributed by atoms with Crippen molar-refractivity contribution in [3.63, 3.8) is 0 Å². The monoisotopic (exact) mass is 331 g/mol. The van der Waals surface area contributed by atoms with Crippen LogP contribution in [-0.2, 0) is 19.4 Å². The van der Waals surface area contributed by atoms with Crippen LogP contribution in [0.2, 0.25) is 0 Å². The molecule has 2 aromatic carbocycles. The highest BCUT2D eigenvalue weighted by atomic mass is 79.9. The van der Waals surface area contributed by atoms with E-state index in [-0.39, 0.29) is 0 Å². The molecule has 0 aromatic heterocycles. The predicted molar refractivity (Wildman–Crippen MR) is 85.2 cm³/mol. The van der Waals surface area contributed by atoms with E-state index < -0.39 is 0 Å². The molecule has 3 heteroatoms. The Labute approximate surface area is 128 Å². The lowest BCUT2D eigenvalue weighted by Crippen LogP contribution is -2.17. The lowest BCUT2D eigenvalue weighted by Gasteiger charge is -2.10. The van der Waals surface area contributed by atoms with Crippen molar-refractivity contribution in [2.75, 3.05) is 13.2 Å². The summed E-state index contributed by atoms with van der Waals surface area (Å²) >= 11 is 3.58. The van der Waals surface area contributed by atoms with Crippen LogP contribution in [0.1, 0.15) is 16.7 Å². The Morgan fingerprint density at radius 2 is 2.00 bits per heavy atom. The molecule has 1 N–H and O–H groups in total. The van der Waals surface area contributed by atoms with Crippen molar-refractivity contribution in [3.05, 3.63) is 63.6 Å². The van der Waals surface area contributed by atoms with Gasteiger partial charge in [-0.05, 0) is 36.2 Å². The summed E-state index contributed by atoms with van der Waals surface area (Å²) in [5, 5.41) is 3.51. The van der Waals surface area contributed by atoms with Crippen molar-refractivity contribution in [1.82, 2.24) is 5.32 Å². The molecule has 1 heterocycles. The first-order chi connectivity index (χ1) is 9.83. The molecule has 20 heavy (non-hydrogen) atoms. The van der Waals surface area contributed by atoms with Crippen LogP contribution in [-0.4, -0.2) is 13.2 Å². The van der Waals surface area contributed by atoms with E-state index in [0.29, 0.717) is 0 Å². The number of rotatable bonds is 5. The van der Waals surface area contributed by atoms with Crippen LogP contribution in [0.3, 0.4) is 0 Å². The molecule has 0 amide bonds. The number of halogens is 1. The summed E-state index contributed by atoms with van der Waals surface area (Å²) in [7, 11) is 0. The second-order valence-corrected chi connectivity index (χ2v) is 5.98. The van der Waals surface area contributed by atoms with E-state index in [1.54, 1.807) is 0 Å². The summed E-state index contributed by atoms with van der Waals surface area (Å²) in [6, 6.07) is 14.9. The summed E-state index contributed by atoms with van der Waals surface area (Å²) in [6.45, 7) is 2.64. The Kier molecular flexibility index (Phi) is 4.38. The normalized spacial score (nSPS) is 13.1. The predicted octanol–water partition coefficient (Wildman–Crippen LogP) is 3.72. The van der Waals surface area contributed by atoms with Gasteiger partial charge in [0.2, 0.25) is 0 Å². The Bertz CT molecular complexity index is 583. The quantitative estimate of drug-likeness (QED) is 0.843. The Balaban J connectivity index is 1.57. The van der Waals surface area contributed by atoms with E-state index in [9.17, 15) is 0 Å². The summed E-state index contributed by atoms with van der Waals surface area (Å²) in [5.74, 6) is 1.08. The van der Waals surface area contributed by atoms with Crippen LogP contribution in [0, 0.1) is 0 Å². The highest BCUT2D eigenvalue weighted by Crippen LogP contribution is 2.32. The number of benzene rings is 2. The third-order valence-corrected chi connectivity index (χ3v) is 4.03. The van der Waals surface area contributed by atoms with Crippen molar-refractivity contribution in [3.8, 4) is 5.75 Å². The Morgan fingerprint density at radius 3 is 2.85 bits per heavy atom. The fourth-order valence-corrected chi connectivity index (χ4v) is 3.13. The van der Waals surface area contributed by atoms with Crippen LogP contribution in [0.25, 0.3) is 0 Å². The summed E-state index contributed by atoms with van der Waals surface area (Å²) in [4.78, 5) is 0. The molecule has 0 saturated carbocycles. The van der Waals surface area contributed by atoms with Gasteiger partial charge in [0.25, 0.3) is 0 Å². The molecule has 1 aliphatic rings. The van der Waals surface area contributed by atoms with Gasteiger partial charge in [-0.2, -0.15) is 0 Å². The second-order valence-electron chi connectivity index (χ2n) is 5.06. The molecule has 0 unspecified atom stereocenters. The fraction of sp³-hybridized carbons (Fsp3) is 0.294. The molecule has 0 aliphatic carbocycles. The molecular weight excluding hydrogens is 314 g/mol. The molecule has 3 rings (SSSR count). The second kappa shape index (κ2) is 6.42. The average Bonchev–Trinajstić information content (AvgIpc) is 2.92. The third kappa shape index (κ3) is 3.22. The topological polar surface area (TPSA) is 21.3 Å². The van der Waals surface area contributed by atoms with Gasteiger partial charge in [0.15, 0.2) is 0 Å². The van der Waals surface area contributed by atoms with Crippen LogP contribution < -0.4 is 10.1 Å². The largest absolute Gasteiger partial charge is 0.493 e. The van der Waals surface area contributed by atoms with Gasteiger partial charge in [0.05, 0.1) is 6.61 Å². The van der Waals surface area contributed by atoms with E-state index in [4.69, 9.17) is 4.74 Å². The number of hydrogen-bond acceptors (Lipinski definition) is 2. The summed E-state index contributed by atoms with van der Waals surface area (Å²) in [5.41, 5.74) is 3.94. The zero-order chi connectivity index (χ0) is 13.8. The first-order valence-corrected chi connectivity index (χ1v) is 7.81. The number of nitrogens with one attached hydrogen (secondary N) is 1. The van der Waals surface area contributed by atoms with E-state index in [0.717, 1.165) is 42.8 Å². The van der Waals surface area contributed by atoms with Gasteiger partial charge in [0, 0.05) is 23.0 Å². The minimum Gasteiger partial charge on any atom is -0.493 e. The van der Waals surface area contributed by atoms with Crippen molar-refractivity contribution < 1.29 is 4.74 Å². The van der Waals surface area contributed by atoms with Gasteiger partial charge >= 0.3 is 0 Å². The minimum absolute atomic E-state index is 0.808. The highest BCUT2D eigenvalue weighted by molar-refractivity contribution is 9.10. The average molecular weight is 332 g/mol. The van der Waals surface area contributed by atoms with Crippen molar-refractivity contribution in [1.29, 1.82) is 0 Å². The third-order valence-electron chi connectivity index (χ3n) is 3.57. The number of fused-ring (bicyclic) bond motifs is 1. The lowest BCUT2D eigenvalue weighted by atomic mass is 10.1. The Morgan fingerprint density at radius 1 is 1.15 bits per heavy atom. The van der Waals surface area contributed by atoms with E-state index in [1.165, 1.54) is 16.7 Å². The molecule has 2 aromatic rings. The van der Waals surface area contributed by atoms with E-state index >= 15 is 0 Å². The maximum absolute atomic E-state index is 5.74. The Hall–Kier alpha value is -1.32. The molecular formula is C17H18BrNO. The first-order valence-electron chi connectivity index (χ1n) is 7.01. The van der Waals surface area contributed by atoms with Gasteiger partial charge in [-0.1, -0.05) is 46.3 Å². The maximum atomic E-state index is 5.74. The molecule has 0 spiro atoms. The zero-order valence-corrected chi connectivity index (χ0v) is 12.9. The first kappa shape index (κ1) is 13.7. The SMILES string of the molecule is Brc1cc2c(c(CNCCc3ccccc3)c1)OCC2. The number of ether oxygens (including phenoxy) is 1. The van der Waals surface area contributed by atoms with Crippen molar-refractivity contribution in [2.24, 2.45) is 0 Å². The van der Waals surface area contributed by atoms with E-state index in [1.807, 2.05) is 0 Å². The minimum atomic E-state index is 0.808. The van der Waals surface area contributed by atoms with Gasteiger partial charge in [-0.25, -0.2) is 0 Å². The molecule has 1 aliphatic heterocycles. The molecule has 0 radical (unpaired) electrons. The molecule has 0 fully saturated rings. The summed E-state index contributed by atoms with van der Waals surface area (Å²) in [6.07, 6.45) is 2.07. The molecule has 104 valence electrons. The zero-order valence-electron chi connectivity index (χ0n) is 11.4. The molecule has 0 atom stereocenters.